The molecule has 104 valence electrons. The number of rotatable bonds is 3. The summed E-state index contributed by atoms with van der Waals surface area (Å²) in [5.74, 6) is 0.434. The highest BCUT2D eigenvalue weighted by Gasteiger charge is 2.30. The molecule has 0 saturated carbocycles. The number of nitrogens with two attached hydrogens (primary N) is 1. The van der Waals surface area contributed by atoms with Crippen LogP contribution in [0, 0.1) is 0 Å². The van der Waals surface area contributed by atoms with Gasteiger partial charge in [0.15, 0.2) is 0 Å². The van der Waals surface area contributed by atoms with Crippen molar-refractivity contribution in [2.24, 2.45) is 5.73 Å². The lowest BCUT2D eigenvalue weighted by Crippen LogP contribution is -2.28. The Labute approximate surface area is 125 Å². The van der Waals surface area contributed by atoms with Gasteiger partial charge in [0.25, 0.3) is 0 Å². The summed E-state index contributed by atoms with van der Waals surface area (Å²) < 4.78 is 0. The molecule has 2 atom stereocenters. The molecule has 1 fully saturated rings. The van der Waals surface area contributed by atoms with E-state index in [0.717, 1.165) is 24.7 Å². The Morgan fingerprint density at radius 1 is 1.00 bits per heavy atom. The first-order valence-electron chi connectivity index (χ1n) is 7.00. The summed E-state index contributed by atoms with van der Waals surface area (Å²) in [5, 5.41) is 0.786. The average Bonchev–Trinajstić information content (AvgIpc) is 2.83. The first kappa shape index (κ1) is 13.6. The number of benzene rings is 2. The smallest absolute Gasteiger partial charge is 0.0406 e. The second-order valence-electron chi connectivity index (χ2n) is 5.50. The maximum Gasteiger partial charge on any atom is 0.0406 e. The molecule has 0 aromatic heterocycles. The highest BCUT2D eigenvalue weighted by Crippen LogP contribution is 2.27. The fraction of sp³-hybridized carbons (Fsp3) is 0.294. The molecule has 20 heavy (non-hydrogen) atoms. The Hall–Kier alpha value is -1.35. The summed E-state index contributed by atoms with van der Waals surface area (Å²) in [4.78, 5) is 2.42. The van der Waals surface area contributed by atoms with Crippen molar-refractivity contribution in [1.29, 1.82) is 0 Å². The lowest BCUT2D eigenvalue weighted by atomic mass is 9.95. The van der Waals surface area contributed by atoms with Gasteiger partial charge in [0, 0.05) is 36.6 Å². The van der Waals surface area contributed by atoms with Crippen LogP contribution in [0.25, 0.3) is 0 Å². The van der Waals surface area contributed by atoms with Gasteiger partial charge in [-0.2, -0.15) is 0 Å². The summed E-state index contributed by atoms with van der Waals surface area (Å²) in [7, 11) is 0. The van der Waals surface area contributed by atoms with E-state index in [1.165, 1.54) is 11.1 Å². The van der Waals surface area contributed by atoms with Gasteiger partial charge in [-0.3, -0.25) is 4.90 Å². The fourth-order valence-electron chi connectivity index (χ4n) is 2.94. The standard InChI is InChI=1S/C17H19ClN2/c18-15-8-6-13(7-9-15)10-20-11-16(17(19)12-20)14-4-2-1-3-5-14/h1-9,16-17H,10-12,19H2/t16-,17+/m0/s1. The van der Waals surface area contributed by atoms with Crippen LogP contribution >= 0.6 is 11.6 Å². The Morgan fingerprint density at radius 2 is 1.70 bits per heavy atom. The van der Waals surface area contributed by atoms with Crippen LogP contribution < -0.4 is 5.73 Å². The molecule has 0 spiro atoms. The quantitative estimate of drug-likeness (QED) is 0.938. The minimum atomic E-state index is 0.213. The zero-order valence-electron chi connectivity index (χ0n) is 11.4. The van der Waals surface area contributed by atoms with E-state index >= 15 is 0 Å². The molecule has 1 aliphatic rings. The van der Waals surface area contributed by atoms with E-state index in [0.29, 0.717) is 5.92 Å². The number of likely N-dealkylation sites (tertiary alicyclic amines) is 1. The lowest BCUT2D eigenvalue weighted by Gasteiger charge is -2.16. The Kier molecular flexibility index (Phi) is 4.06. The monoisotopic (exact) mass is 286 g/mol. The van der Waals surface area contributed by atoms with Crippen LogP contribution in [-0.4, -0.2) is 24.0 Å². The van der Waals surface area contributed by atoms with Crippen LogP contribution in [-0.2, 0) is 6.54 Å². The minimum absolute atomic E-state index is 0.213. The topological polar surface area (TPSA) is 29.3 Å². The molecule has 2 aromatic carbocycles. The Morgan fingerprint density at radius 3 is 2.40 bits per heavy atom. The second kappa shape index (κ2) is 5.96. The summed E-state index contributed by atoms with van der Waals surface area (Å²) in [6, 6.07) is 18.9. The van der Waals surface area contributed by atoms with Crippen molar-refractivity contribution < 1.29 is 0 Å². The van der Waals surface area contributed by atoms with E-state index in [1.54, 1.807) is 0 Å². The third-order valence-electron chi connectivity index (χ3n) is 3.99. The molecule has 1 aliphatic heterocycles. The van der Waals surface area contributed by atoms with Crippen molar-refractivity contribution in [1.82, 2.24) is 4.90 Å². The van der Waals surface area contributed by atoms with Gasteiger partial charge in [-0.15, -0.1) is 0 Å². The normalized spacial score (nSPS) is 23.1. The van der Waals surface area contributed by atoms with Crippen LogP contribution in [0.3, 0.4) is 0 Å². The third-order valence-corrected chi connectivity index (χ3v) is 4.24. The minimum Gasteiger partial charge on any atom is -0.326 e. The molecular formula is C17H19ClN2. The first-order chi connectivity index (χ1) is 9.72. The zero-order valence-corrected chi connectivity index (χ0v) is 12.1. The van der Waals surface area contributed by atoms with Crippen LogP contribution in [0.1, 0.15) is 17.0 Å². The van der Waals surface area contributed by atoms with E-state index < -0.39 is 0 Å². The maximum absolute atomic E-state index is 6.32. The molecule has 0 radical (unpaired) electrons. The molecule has 2 N–H and O–H groups in total. The summed E-state index contributed by atoms with van der Waals surface area (Å²) in [6.45, 7) is 2.91. The molecule has 0 bridgehead atoms. The van der Waals surface area contributed by atoms with Gasteiger partial charge in [0.1, 0.15) is 0 Å². The molecule has 2 nitrogen and oxygen atoms in total. The first-order valence-corrected chi connectivity index (χ1v) is 7.37. The average molecular weight is 287 g/mol. The van der Waals surface area contributed by atoms with Gasteiger partial charge in [-0.1, -0.05) is 54.1 Å². The van der Waals surface area contributed by atoms with E-state index in [9.17, 15) is 0 Å². The molecule has 0 aliphatic carbocycles. The SMILES string of the molecule is N[C@@H]1CN(Cc2ccc(Cl)cc2)C[C@H]1c1ccccc1. The summed E-state index contributed by atoms with van der Waals surface area (Å²) in [6.07, 6.45) is 0. The Balaban J connectivity index is 1.68. The van der Waals surface area contributed by atoms with Crippen LogP contribution in [0.2, 0.25) is 5.02 Å². The zero-order chi connectivity index (χ0) is 13.9. The van der Waals surface area contributed by atoms with Crippen molar-refractivity contribution in [3.8, 4) is 0 Å². The fourth-order valence-corrected chi connectivity index (χ4v) is 3.07. The predicted octanol–water partition coefficient (Wildman–Crippen LogP) is 3.27. The summed E-state index contributed by atoms with van der Waals surface area (Å²) >= 11 is 5.92. The van der Waals surface area contributed by atoms with Gasteiger partial charge in [-0.05, 0) is 23.3 Å². The van der Waals surface area contributed by atoms with E-state index in [2.05, 4.69) is 47.4 Å². The molecule has 0 unspecified atom stereocenters. The number of halogens is 1. The highest BCUT2D eigenvalue weighted by atomic mass is 35.5. The predicted molar refractivity (Wildman–Crippen MR) is 83.9 cm³/mol. The number of hydrogen-bond donors (Lipinski definition) is 1. The van der Waals surface area contributed by atoms with Crippen LogP contribution in [0.5, 0.6) is 0 Å². The molecule has 0 amide bonds. The summed E-state index contributed by atoms with van der Waals surface area (Å²) in [5.41, 5.74) is 8.95. The molecule has 1 heterocycles. The maximum atomic E-state index is 6.32. The van der Waals surface area contributed by atoms with Gasteiger partial charge in [0.05, 0.1) is 0 Å². The second-order valence-corrected chi connectivity index (χ2v) is 5.94. The van der Waals surface area contributed by atoms with Crippen molar-refractivity contribution in [3.63, 3.8) is 0 Å². The molecule has 3 heteroatoms. The van der Waals surface area contributed by atoms with Gasteiger partial charge >= 0.3 is 0 Å². The van der Waals surface area contributed by atoms with Gasteiger partial charge in [-0.25, -0.2) is 0 Å². The molecule has 1 saturated heterocycles. The van der Waals surface area contributed by atoms with Crippen LogP contribution in [0.15, 0.2) is 54.6 Å². The largest absolute Gasteiger partial charge is 0.326 e. The van der Waals surface area contributed by atoms with Crippen molar-refractivity contribution in [2.75, 3.05) is 13.1 Å². The van der Waals surface area contributed by atoms with E-state index in [1.807, 2.05) is 12.1 Å². The molecular weight excluding hydrogens is 268 g/mol. The van der Waals surface area contributed by atoms with Gasteiger partial charge < -0.3 is 5.73 Å². The lowest BCUT2D eigenvalue weighted by molar-refractivity contribution is 0.324. The highest BCUT2D eigenvalue weighted by molar-refractivity contribution is 6.30. The molecule has 3 rings (SSSR count). The van der Waals surface area contributed by atoms with Crippen molar-refractivity contribution >= 4 is 11.6 Å². The molecule has 2 aromatic rings. The number of nitrogens with zero attached hydrogens (tertiary/aromatic N) is 1. The van der Waals surface area contributed by atoms with Crippen molar-refractivity contribution in [3.05, 3.63) is 70.7 Å². The van der Waals surface area contributed by atoms with Crippen LogP contribution in [0.4, 0.5) is 0 Å². The Bertz CT molecular complexity index is 553. The van der Waals surface area contributed by atoms with E-state index in [4.69, 9.17) is 17.3 Å². The van der Waals surface area contributed by atoms with E-state index in [-0.39, 0.29) is 6.04 Å². The number of hydrogen-bond acceptors (Lipinski definition) is 2. The third kappa shape index (κ3) is 3.04. The van der Waals surface area contributed by atoms with Gasteiger partial charge in [0.2, 0.25) is 0 Å². The van der Waals surface area contributed by atoms with Crippen molar-refractivity contribution in [2.45, 2.75) is 18.5 Å².